The number of thioether (sulfide) groups is 1. The van der Waals surface area contributed by atoms with Gasteiger partial charge in [-0.05, 0) is 25.0 Å². The van der Waals surface area contributed by atoms with Gasteiger partial charge < -0.3 is 9.47 Å². The normalized spacial score (nSPS) is 11.4. The van der Waals surface area contributed by atoms with Crippen molar-refractivity contribution >= 4 is 29.1 Å². The second kappa shape index (κ2) is 11.1. The van der Waals surface area contributed by atoms with E-state index in [2.05, 4.69) is 0 Å². The molecule has 1 atom stereocenters. The molecule has 0 fully saturated rings. The van der Waals surface area contributed by atoms with Crippen molar-refractivity contribution in [2.75, 3.05) is 6.61 Å². The lowest BCUT2D eigenvalue weighted by Crippen LogP contribution is -2.46. The van der Waals surface area contributed by atoms with Crippen LogP contribution < -0.4 is 0 Å². The number of hydrogen-bond acceptors (Lipinski definition) is 6. The van der Waals surface area contributed by atoms with Crippen LogP contribution in [0.2, 0.25) is 0 Å². The molecule has 0 aliphatic carbocycles. The summed E-state index contributed by atoms with van der Waals surface area (Å²) in [6.07, 6.45) is -0.880. The Labute approximate surface area is 168 Å². The molecular weight excluding hydrogens is 378 g/mol. The fourth-order valence-corrected chi connectivity index (χ4v) is 3.19. The van der Waals surface area contributed by atoms with E-state index in [1.165, 1.54) is 6.92 Å². The van der Waals surface area contributed by atoms with E-state index in [0.717, 1.165) is 27.8 Å². The van der Waals surface area contributed by atoms with Gasteiger partial charge in [0.15, 0.2) is 0 Å². The van der Waals surface area contributed by atoms with E-state index < -0.39 is 23.3 Å². The van der Waals surface area contributed by atoms with E-state index in [1.54, 1.807) is 19.1 Å². The van der Waals surface area contributed by atoms with Crippen LogP contribution in [-0.4, -0.2) is 34.9 Å². The van der Waals surface area contributed by atoms with Crippen molar-refractivity contribution < 1.29 is 23.9 Å². The van der Waals surface area contributed by atoms with Crippen molar-refractivity contribution in [3.8, 4) is 0 Å². The third-order valence-corrected chi connectivity index (χ3v) is 4.74. The number of rotatable bonds is 7. The highest BCUT2D eigenvalue weighted by molar-refractivity contribution is 8.12. The van der Waals surface area contributed by atoms with E-state index in [1.807, 2.05) is 48.5 Å². The number of nitrogens with zero attached hydrogens (tertiary/aromatic N) is 1. The molecule has 0 unspecified atom stereocenters. The molecule has 7 heteroatoms. The molecule has 2 aromatic rings. The number of carbonyl (C=O) groups excluding carboxylic acids is 3. The summed E-state index contributed by atoms with van der Waals surface area (Å²) in [6.45, 7) is 3.27. The van der Waals surface area contributed by atoms with Gasteiger partial charge in [-0.15, -0.1) is 0 Å². The summed E-state index contributed by atoms with van der Waals surface area (Å²) in [4.78, 5) is 38.2. The third kappa shape index (κ3) is 6.42. The first-order chi connectivity index (χ1) is 13.5. The molecule has 28 heavy (non-hydrogen) atoms. The first-order valence-corrected chi connectivity index (χ1v) is 9.88. The molecule has 0 saturated carbocycles. The van der Waals surface area contributed by atoms with Gasteiger partial charge in [-0.3, -0.25) is 4.79 Å². The molecular formula is C21H23NO5S. The highest BCUT2D eigenvalue weighted by Crippen LogP contribution is 2.20. The van der Waals surface area contributed by atoms with Crippen LogP contribution >= 0.6 is 11.8 Å². The fourth-order valence-electron chi connectivity index (χ4n) is 2.34. The molecule has 0 aromatic heterocycles. The fraction of sp³-hybridized carbons (Fsp3) is 0.286. The number of hydrogen-bond donors (Lipinski definition) is 0. The highest BCUT2D eigenvalue weighted by atomic mass is 32.2. The molecule has 2 amide bonds. The third-order valence-electron chi connectivity index (χ3n) is 3.82. The maximum Gasteiger partial charge on any atom is 0.418 e. The zero-order valence-corrected chi connectivity index (χ0v) is 16.7. The molecule has 2 rings (SSSR count). The first-order valence-electron chi connectivity index (χ1n) is 8.90. The Morgan fingerprint density at radius 1 is 0.929 bits per heavy atom. The second-order valence-corrected chi connectivity index (χ2v) is 6.80. The Morgan fingerprint density at radius 2 is 1.50 bits per heavy atom. The molecule has 0 heterocycles. The van der Waals surface area contributed by atoms with Crippen molar-refractivity contribution in [2.24, 2.45) is 0 Å². The molecule has 0 radical (unpaired) electrons. The van der Waals surface area contributed by atoms with Crippen LogP contribution in [0.15, 0.2) is 60.7 Å². The average Bonchev–Trinajstić information content (AvgIpc) is 2.72. The number of imide groups is 1. The molecule has 0 N–H and O–H groups in total. The van der Waals surface area contributed by atoms with Gasteiger partial charge in [0.05, 0.1) is 6.61 Å². The van der Waals surface area contributed by atoms with Gasteiger partial charge in [-0.1, -0.05) is 72.4 Å². The number of carbonyl (C=O) groups is 3. The summed E-state index contributed by atoms with van der Waals surface area (Å²) >= 11 is 0.930. The number of amides is 2. The standard InChI is InChI=1S/C21H23NO5S/c1-3-26-19(23)16(2)22(20(24)27-14-17-10-6-4-7-11-17)21(25)28-15-18-12-8-5-9-13-18/h4-13,16H,3,14-15H2,1-2H3/t16-/m1/s1. The maximum absolute atomic E-state index is 12.7. The minimum absolute atomic E-state index is 0.00233. The summed E-state index contributed by atoms with van der Waals surface area (Å²) in [6, 6.07) is 17.4. The van der Waals surface area contributed by atoms with Crippen molar-refractivity contribution in [2.45, 2.75) is 32.2 Å². The molecule has 2 aromatic carbocycles. The minimum atomic E-state index is -1.08. The predicted octanol–water partition coefficient (Wildman–Crippen LogP) is 4.63. The summed E-state index contributed by atoms with van der Waals surface area (Å²) in [5.74, 6) is -0.287. The van der Waals surface area contributed by atoms with Crippen LogP contribution in [0, 0.1) is 0 Å². The average molecular weight is 401 g/mol. The van der Waals surface area contributed by atoms with Crippen molar-refractivity contribution in [3.05, 3.63) is 71.8 Å². The Hall–Kier alpha value is -2.80. The van der Waals surface area contributed by atoms with Crippen LogP contribution in [0.4, 0.5) is 9.59 Å². The van der Waals surface area contributed by atoms with E-state index in [4.69, 9.17) is 9.47 Å². The van der Waals surface area contributed by atoms with E-state index in [0.29, 0.717) is 5.75 Å². The lowest BCUT2D eigenvalue weighted by molar-refractivity contribution is -0.147. The number of ether oxygens (including phenoxy) is 2. The smallest absolute Gasteiger partial charge is 0.418 e. The SMILES string of the molecule is CCOC(=O)[C@@H](C)N(C(=O)OCc1ccccc1)C(=O)SCc1ccccc1. The predicted molar refractivity (Wildman–Crippen MR) is 108 cm³/mol. The van der Waals surface area contributed by atoms with Crippen molar-refractivity contribution in [3.63, 3.8) is 0 Å². The zero-order valence-electron chi connectivity index (χ0n) is 15.9. The summed E-state index contributed by atoms with van der Waals surface area (Å²) < 4.78 is 10.2. The lowest BCUT2D eigenvalue weighted by atomic mass is 10.2. The monoisotopic (exact) mass is 401 g/mol. The topological polar surface area (TPSA) is 72.9 Å². The largest absolute Gasteiger partial charge is 0.464 e. The van der Waals surface area contributed by atoms with Crippen LogP contribution in [0.3, 0.4) is 0 Å². The second-order valence-electron chi connectivity index (χ2n) is 5.88. The zero-order chi connectivity index (χ0) is 20.4. The molecule has 148 valence electrons. The Kier molecular flexibility index (Phi) is 8.55. The van der Waals surface area contributed by atoms with Gasteiger partial charge >= 0.3 is 12.1 Å². The van der Waals surface area contributed by atoms with Crippen LogP contribution in [0.25, 0.3) is 0 Å². The van der Waals surface area contributed by atoms with E-state index >= 15 is 0 Å². The Balaban J connectivity index is 2.07. The van der Waals surface area contributed by atoms with Gasteiger partial charge in [-0.25, -0.2) is 14.5 Å². The Bertz CT molecular complexity index is 726. The number of esters is 1. The Morgan fingerprint density at radius 3 is 2.07 bits per heavy atom. The van der Waals surface area contributed by atoms with Crippen LogP contribution in [-0.2, 0) is 26.6 Å². The lowest BCUT2D eigenvalue weighted by Gasteiger charge is -2.24. The van der Waals surface area contributed by atoms with Crippen LogP contribution in [0.1, 0.15) is 25.0 Å². The quantitative estimate of drug-likeness (QED) is 0.630. The number of benzene rings is 2. The van der Waals surface area contributed by atoms with Gasteiger partial charge in [0.1, 0.15) is 12.6 Å². The first kappa shape index (κ1) is 21.5. The van der Waals surface area contributed by atoms with Crippen molar-refractivity contribution in [1.82, 2.24) is 4.90 Å². The van der Waals surface area contributed by atoms with Gasteiger partial charge in [0.25, 0.3) is 5.24 Å². The van der Waals surface area contributed by atoms with Gasteiger partial charge in [-0.2, -0.15) is 0 Å². The van der Waals surface area contributed by atoms with E-state index in [9.17, 15) is 14.4 Å². The van der Waals surface area contributed by atoms with Gasteiger partial charge in [0.2, 0.25) is 0 Å². The van der Waals surface area contributed by atoms with E-state index in [-0.39, 0.29) is 13.2 Å². The van der Waals surface area contributed by atoms with Gasteiger partial charge in [0, 0.05) is 5.75 Å². The molecule has 6 nitrogen and oxygen atoms in total. The molecule has 0 bridgehead atoms. The molecule has 0 spiro atoms. The molecule has 0 aliphatic heterocycles. The summed E-state index contributed by atoms with van der Waals surface area (Å²) in [7, 11) is 0. The molecule has 0 aliphatic rings. The maximum atomic E-state index is 12.7. The summed E-state index contributed by atoms with van der Waals surface area (Å²) in [5.41, 5.74) is 1.71. The summed E-state index contributed by atoms with van der Waals surface area (Å²) in [5, 5.41) is -0.567. The highest BCUT2D eigenvalue weighted by Gasteiger charge is 2.34. The minimum Gasteiger partial charge on any atom is -0.464 e. The molecule has 0 saturated heterocycles. The van der Waals surface area contributed by atoms with Crippen molar-refractivity contribution in [1.29, 1.82) is 0 Å². The van der Waals surface area contributed by atoms with Crippen LogP contribution in [0.5, 0.6) is 0 Å².